The van der Waals surface area contributed by atoms with Crippen LogP contribution in [-0.4, -0.2) is 24.0 Å². The van der Waals surface area contributed by atoms with Crippen molar-refractivity contribution < 1.29 is 19.4 Å². The molecule has 1 rings (SSSR count). The highest BCUT2D eigenvalue weighted by molar-refractivity contribution is 6.02. The number of carbonyl (C=O) groups is 2. The maximum Gasteiger partial charge on any atom is 0.341 e. The summed E-state index contributed by atoms with van der Waals surface area (Å²) < 4.78 is 4.50. The second-order valence-electron chi connectivity index (χ2n) is 3.26. The molecule has 0 saturated heterocycles. The highest BCUT2D eigenvalue weighted by Gasteiger charge is 2.17. The van der Waals surface area contributed by atoms with Gasteiger partial charge in [-0.25, -0.2) is 4.79 Å². The molecule has 4 heteroatoms. The van der Waals surface area contributed by atoms with Gasteiger partial charge in [0.25, 0.3) is 0 Å². The van der Waals surface area contributed by atoms with Gasteiger partial charge in [0.1, 0.15) is 11.3 Å². The zero-order chi connectivity index (χ0) is 11.6. The normalized spacial score (nSPS) is 9.80. The van der Waals surface area contributed by atoms with Crippen molar-refractivity contribution in [1.82, 2.24) is 0 Å². The van der Waals surface area contributed by atoms with Crippen molar-refractivity contribution in [3.05, 3.63) is 28.8 Å². The van der Waals surface area contributed by atoms with E-state index in [0.717, 1.165) is 5.56 Å². The lowest BCUT2D eigenvalue weighted by Crippen LogP contribution is -2.05. The molecule has 0 unspecified atom stereocenters. The van der Waals surface area contributed by atoms with Crippen molar-refractivity contribution in [1.29, 1.82) is 0 Å². The molecule has 0 bridgehead atoms. The van der Waals surface area contributed by atoms with E-state index in [-0.39, 0.29) is 22.7 Å². The minimum absolute atomic E-state index is 0.0164. The molecule has 0 heterocycles. The number of rotatable bonds is 2. The van der Waals surface area contributed by atoms with Gasteiger partial charge in [0.15, 0.2) is 5.78 Å². The second kappa shape index (κ2) is 4.13. The molecule has 0 fully saturated rings. The Kier molecular flexibility index (Phi) is 3.09. The Labute approximate surface area is 87.5 Å². The third-order valence-corrected chi connectivity index (χ3v) is 2.04. The van der Waals surface area contributed by atoms with Gasteiger partial charge in [-0.05, 0) is 31.5 Å². The Morgan fingerprint density at radius 3 is 2.27 bits per heavy atom. The summed E-state index contributed by atoms with van der Waals surface area (Å²) in [4.78, 5) is 22.4. The van der Waals surface area contributed by atoms with Gasteiger partial charge in [0.2, 0.25) is 0 Å². The Bertz CT molecular complexity index is 421. The monoisotopic (exact) mass is 208 g/mol. The number of ether oxygens (including phenoxy) is 1. The van der Waals surface area contributed by atoms with Crippen LogP contribution in [-0.2, 0) is 4.74 Å². The van der Waals surface area contributed by atoms with Crippen LogP contribution in [0.4, 0.5) is 0 Å². The standard InChI is InChI=1S/C11H12O4/c1-6-4-8(7(2)12)10(13)9(5-6)11(14)15-3/h4-5,13H,1-3H3. The molecular weight excluding hydrogens is 196 g/mol. The van der Waals surface area contributed by atoms with Crippen molar-refractivity contribution in [3.8, 4) is 5.75 Å². The molecule has 1 aromatic carbocycles. The van der Waals surface area contributed by atoms with Crippen molar-refractivity contribution in [2.45, 2.75) is 13.8 Å². The fraction of sp³-hybridized carbons (Fsp3) is 0.273. The van der Waals surface area contributed by atoms with Crippen LogP contribution < -0.4 is 0 Å². The number of hydrogen-bond donors (Lipinski definition) is 1. The van der Waals surface area contributed by atoms with Gasteiger partial charge in [-0.1, -0.05) is 0 Å². The zero-order valence-corrected chi connectivity index (χ0v) is 8.83. The topological polar surface area (TPSA) is 63.6 Å². The van der Waals surface area contributed by atoms with Crippen molar-refractivity contribution in [3.63, 3.8) is 0 Å². The lowest BCUT2D eigenvalue weighted by atomic mass is 10.0. The van der Waals surface area contributed by atoms with E-state index in [1.165, 1.54) is 26.2 Å². The van der Waals surface area contributed by atoms with Gasteiger partial charge in [-0.15, -0.1) is 0 Å². The molecule has 0 spiro atoms. The van der Waals surface area contributed by atoms with Gasteiger partial charge in [-0.2, -0.15) is 0 Å². The van der Waals surface area contributed by atoms with E-state index in [0.29, 0.717) is 0 Å². The molecule has 0 saturated carbocycles. The second-order valence-corrected chi connectivity index (χ2v) is 3.26. The number of phenols is 1. The predicted octanol–water partition coefficient (Wildman–Crippen LogP) is 1.69. The minimum Gasteiger partial charge on any atom is -0.506 e. The van der Waals surface area contributed by atoms with Crippen molar-refractivity contribution in [2.24, 2.45) is 0 Å². The van der Waals surface area contributed by atoms with Crippen LogP contribution >= 0.6 is 0 Å². The number of aryl methyl sites for hydroxylation is 1. The Morgan fingerprint density at radius 2 is 1.80 bits per heavy atom. The molecule has 80 valence electrons. The fourth-order valence-corrected chi connectivity index (χ4v) is 1.31. The van der Waals surface area contributed by atoms with Crippen molar-refractivity contribution in [2.75, 3.05) is 7.11 Å². The number of esters is 1. The number of ketones is 1. The number of carbonyl (C=O) groups excluding carboxylic acids is 2. The quantitative estimate of drug-likeness (QED) is 0.593. The van der Waals surface area contributed by atoms with Gasteiger partial charge < -0.3 is 9.84 Å². The van der Waals surface area contributed by atoms with Crippen LogP contribution in [0.1, 0.15) is 33.2 Å². The van der Waals surface area contributed by atoms with Crippen LogP contribution in [0.25, 0.3) is 0 Å². The zero-order valence-electron chi connectivity index (χ0n) is 8.83. The van der Waals surface area contributed by atoms with Crippen LogP contribution in [0.5, 0.6) is 5.75 Å². The lowest BCUT2D eigenvalue weighted by molar-refractivity contribution is 0.0597. The Hall–Kier alpha value is -1.84. The Morgan fingerprint density at radius 1 is 1.27 bits per heavy atom. The summed E-state index contributed by atoms with van der Waals surface area (Å²) in [6.07, 6.45) is 0. The largest absolute Gasteiger partial charge is 0.506 e. The maximum atomic E-state index is 11.3. The van der Waals surface area contributed by atoms with Crippen LogP contribution in [0.15, 0.2) is 12.1 Å². The van der Waals surface area contributed by atoms with E-state index >= 15 is 0 Å². The van der Waals surface area contributed by atoms with Crippen LogP contribution in [0, 0.1) is 6.92 Å². The summed E-state index contributed by atoms with van der Waals surface area (Å²) in [5.41, 5.74) is 0.872. The summed E-state index contributed by atoms with van der Waals surface area (Å²) in [5.74, 6) is -1.26. The maximum absolute atomic E-state index is 11.3. The average Bonchev–Trinajstić information content (AvgIpc) is 2.19. The molecule has 1 aromatic rings. The summed E-state index contributed by atoms with van der Waals surface area (Å²) in [7, 11) is 1.22. The summed E-state index contributed by atoms with van der Waals surface area (Å²) in [6, 6.07) is 3.01. The highest BCUT2D eigenvalue weighted by Crippen LogP contribution is 2.25. The molecular formula is C11H12O4. The molecule has 1 N–H and O–H groups in total. The number of methoxy groups -OCH3 is 1. The van der Waals surface area contributed by atoms with Crippen molar-refractivity contribution >= 4 is 11.8 Å². The van der Waals surface area contributed by atoms with Gasteiger partial charge in [0, 0.05) is 0 Å². The summed E-state index contributed by atoms with van der Waals surface area (Å²) in [6.45, 7) is 3.06. The van der Waals surface area contributed by atoms with E-state index in [1.54, 1.807) is 6.92 Å². The minimum atomic E-state index is -0.654. The molecule has 15 heavy (non-hydrogen) atoms. The van der Waals surface area contributed by atoms with Gasteiger partial charge in [-0.3, -0.25) is 4.79 Å². The SMILES string of the molecule is COC(=O)c1cc(C)cc(C(C)=O)c1O. The van der Waals surface area contributed by atoms with E-state index < -0.39 is 5.97 Å². The summed E-state index contributed by atoms with van der Waals surface area (Å²) >= 11 is 0. The number of benzene rings is 1. The summed E-state index contributed by atoms with van der Waals surface area (Å²) in [5, 5.41) is 9.66. The van der Waals surface area contributed by atoms with E-state index in [1.807, 2.05) is 0 Å². The van der Waals surface area contributed by atoms with Crippen LogP contribution in [0.3, 0.4) is 0 Å². The lowest BCUT2D eigenvalue weighted by Gasteiger charge is -2.07. The molecule has 0 radical (unpaired) electrons. The highest BCUT2D eigenvalue weighted by atomic mass is 16.5. The molecule has 0 aromatic heterocycles. The number of hydrogen-bond acceptors (Lipinski definition) is 4. The molecule has 0 atom stereocenters. The average molecular weight is 208 g/mol. The van der Waals surface area contributed by atoms with E-state index in [2.05, 4.69) is 4.74 Å². The molecule has 0 aliphatic rings. The van der Waals surface area contributed by atoms with E-state index in [4.69, 9.17) is 0 Å². The van der Waals surface area contributed by atoms with Gasteiger partial charge in [0.05, 0.1) is 12.7 Å². The first-order chi connectivity index (χ1) is 6.97. The molecule has 0 amide bonds. The Balaban J connectivity index is 3.41. The molecule has 0 aliphatic carbocycles. The third kappa shape index (κ3) is 2.15. The first-order valence-electron chi connectivity index (χ1n) is 4.40. The van der Waals surface area contributed by atoms with Gasteiger partial charge >= 0.3 is 5.97 Å². The number of aromatic hydroxyl groups is 1. The van der Waals surface area contributed by atoms with E-state index in [9.17, 15) is 14.7 Å². The molecule has 4 nitrogen and oxygen atoms in total. The fourth-order valence-electron chi connectivity index (χ4n) is 1.31. The molecule has 0 aliphatic heterocycles. The number of Topliss-reactive ketones (excluding diaryl/α,β-unsaturated/α-hetero) is 1. The smallest absolute Gasteiger partial charge is 0.341 e. The van der Waals surface area contributed by atoms with Crippen LogP contribution in [0.2, 0.25) is 0 Å². The first-order valence-corrected chi connectivity index (χ1v) is 4.40. The number of phenolic OH excluding ortho intramolecular Hbond substituents is 1. The third-order valence-electron chi connectivity index (χ3n) is 2.04. The first kappa shape index (κ1) is 11.2. The predicted molar refractivity (Wildman–Crippen MR) is 54.2 cm³/mol.